The number of aromatic hydroxyl groups is 1. The Morgan fingerprint density at radius 2 is 1.86 bits per heavy atom. The van der Waals surface area contributed by atoms with Gasteiger partial charge < -0.3 is 14.6 Å². The Morgan fingerprint density at radius 3 is 2.32 bits per heavy atom. The molecular formula is C18H26O4. The van der Waals surface area contributed by atoms with Crippen LogP contribution in [0.5, 0.6) is 11.5 Å². The van der Waals surface area contributed by atoms with Crippen LogP contribution in [0.2, 0.25) is 0 Å². The van der Waals surface area contributed by atoms with Crippen LogP contribution < -0.4 is 4.74 Å². The number of hydrogen-bond acceptors (Lipinski definition) is 4. The van der Waals surface area contributed by atoms with E-state index in [9.17, 15) is 9.90 Å². The van der Waals surface area contributed by atoms with Crippen LogP contribution >= 0.6 is 0 Å². The van der Waals surface area contributed by atoms with E-state index in [0.29, 0.717) is 12.8 Å². The molecule has 0 aliphatic rings. The van der Waals surface area contributed by atoms with E-state index >= 15 is 0 Å². The van der Waals surface area contributed by atoms with Crippen LogP contribution in [0, 0.1) is 20.8 Å². The normalized spacial score (nSPS) is 13.4. The number of phenols is 1. The molecule has 0 saturated heterocycles. The third-order valence-corrected chi connectivity index (χ3v) is 4.22. The number of phenolic OH excluding ortho intramolecular Hbond substituents is 1. The van der Waals surface area contributed by atoms with Gasteiger partial charge in [-0.2, -0.15) is 0 Å². The number of ether oxygens (including phenoxy) is 2. The summed E-state index contributed by atoms with van der Waals surface area (Å²) < 4.78 is 10.8. The van der Waals surface area contributed by atoms with Crippen molar-refractivity contribution in [3.63, 3.8) is 0 Å². The van der Waals surface area contributed by atoms with E-state index in [1.807, 2.05) is 27.7 Å². The largest absolute Gasteiger partial charge is 0.507 e. The molecule has 0 aliphatic heterocycles. The van der Waals surface area contributed by atoms with Crippen LogP contribution in [0.4, 0.5) is 0 Å². The first-order valence-electron chi connectivity index (χ1n) is 7.35. The van der Waals surface area contributed by atoms with Crippen molar-refractivity contribution in [3.05, 3.63) is 34.9 Å². The SMILES string of the molecule is C=CC(C)(CCc1c(C)c(OC)c(C)c(C)c1O)OC(C)=O. The van der Waals surface area contributed by atoms with Crippen molar-refractivity contribution in [1.29, 1.82) is 0 Å². The highest BCUT2D eigenvalue weighted by molar-refractivity contribution is 5.66. The molecule has 1 aromatic rings. The van der Waals surface area contributed by atoms with Gasteiger partial charge >= 0.3 is 5.97 Å². The number of esters is 1. The number of benzene rings is 1. The van der Waals surface area contributed by atoms with Gasteiger partial charge in [-0.1, -0.05) is 6.58 Å². The first kappa shape index (κ1) is 18.1. The van der Waals surface area contributed by atoms with Gasteiger partial charge in [0.1, 0.15) is 17.1 Å². The quantitative estimate of drug-likeness (QED) is 0.642. The van der Waals surface area contributed by atoms with Gasteiger partial charge in [0, 0.05) is 12.5 Å². The highest BCUT2D eigenvalue weighted by Gasteiger charge is 2.26. The van der Waals surface area contributed by atoms with Crippen molar-refractivity contribution in [1.82, 2.24) is 0 Å². The van der Waals surface area contributed by atoms with E-state index in [1.54, 1.807) is 13.2 Å². The van der Waals surface area contributed by atoms with Crippen LogP contribution in [0.3, 0.4) is 0 Å². The molecule has 1 N–H and O–H groups in total. The molecule has 0 spiro atoms. The second-order valence-electron chi connectivity index (χ2n) is 5.85. The molecule has 0 aromatic heterocycles. The van der Waals surface area contributed by atoms with Gasteiger partial charge in [0.25, 0.3) is 0 Å². The van der Waals surface area contributed by atoms with Crippen molar-refractivity contribution < 1.29 is 19.4 Å². The van der Waals surface area contributed by atoms with Crippen LogP contribution in [-0.2, 0) is 16.0 Å². The lowest BCUT2D eigenvalue weighted by atomic mass is 9.90. The Hall–Kier alpha value is -1.97. The Balaban J connectivity index is 3.16. The van der Waals surface area contributed by atoms with Crippen LogP contribution in [0.1, 0.15) is 42.5 Å². The van der Waals surface area contributed by atoms with E-state index in [2.05, 4.69) is 6.58 Å². The van der Waals surface area contributed by atoms with Crippen molar-refractivity contribution in [2.24, 2.45) is 0 Å². The van der Waals surface area contributed by atoms with Crippen LogP contribution in [-0.4, -0.2) is 23.8 Å². The molecule has 0 fully saturated rings. The molecule has 1 atom stereocenters. The maximum Gasteiger partial charge on any atom is 0.303 e. The standard InChI is InChI=1S/C18H26O4/c1-8-18(6,22-14(5)19)10-9-15-13(4)17(21-7)12(3)11(2)16(15)20/h8,20H,1,9-10H2,2-7H3. The predicted octanol–water partition coefficient (Wildman–Crippen LogP) is 3.77. The molecule has 22 heavy (non-hydrogen) atoms. The summed E-state index contributed by atoms with van der Waals surface area (Å²) in [6, 6.07) is 0. The maximum atomic E-state index is 11.2. The van der Waals surface area contributed by atoms with Gasteiger partial charge in [-0.05, 0) is 63.3 Å². The lowest BCUT2D eigenvalue weighted by molar-refractivity contribution is -0.151. The smallest absolute Gasteiger partial charge is 0.303 e. The summed E-state index contributed by atoms with van der Waals surface area (Å²) in [4.78, 5) is 11.2. The average Bonchev–Trinajstić information content (AvgIpc) is 2.45. The van der Waals surface area contributed by atoms with Crippen molar-refractivity contribution in [2.75, 3.05) is 7.11 Å². The molecule has 1 unspecified atom stereocenters. The zero-order valence-corrected chi connectivity index (χ0v) is 14.4. The highest BCUT2D eigenvalue weighted by Crippen LogP contribution is 2.38. The molecule has 4 heteroatoms. The predicted molar refractivity (Wildman–Crippen MR) is 87.6 cm³/mol. The van der Waals surface area contributed by atoms with Gasteiger partial charge in [0.05, 0.1) is 7.11 Å². The van der Waals surface area contributed by atoms with Gasteiger partial charge in [-0.15, -0.1) is 0 Å². The summed E-state index contributed by atoms with van der Waals surface area (Å²) in [6.45, 7) is 12.7. The summed E-state index contributed by atoms with van der Waals surface area (Å²) in [5, 5.41) is 10.4. The lowest BCUT2D eigenvalue weighted by Gasteiger charge is -2.26. The third-order valence-electron chi connectivity index (χ3n) is 4.22. The Bertz CT molecular complexity index is 589. The van der Waals surface area contributed by atoms with Gasteiger partial charge in [0.15, 0.2) is 0 Å². The molecular weight excluding hydrogens is 280 g/mol. The average molecular weight is 306 g/mol. The first-order chi connectivity index (χ1) is 10.2. The molecule has 1 aromatic carbocycles. The topological polar surface area (TPSA) is 55.8 Å². The fourth-order valence-electron chi connectivity index (χ4n) is 2.68. The highest BCUT2D eigenvalue weighted by atomic mass is 16.6. The third kappa shape index (κ3) is 3.62. The lowest BCUT2D eigenvalue weighted by Crippen LogP contribution is -2.29. The zero-order valence-electron chi connectivity index (χ0n) is 14.4. The summed E-state index contributed by atoms with van der Waals surface area (Å²) in [5.74, 6) is 0.726. The minimum Gasteiger partial charge on any atom is -0.507 e. The monoisotopic (exact) mass is 306 g/mol. The van der Waals surface area contributed by atoms with E-state index < -0.39 is 5.60 Å². The fourth-order valence-corrected chi connectivity index (χ4v) is 2.68. The minimum absolute atomic E-state index is 0.282. The molecule has 0 bridgehead atoms. The second kappa shape index (κ2) is 6.86. The van der Waals surface area contributed by atoms with Crippen molar-refractivity contribution in [2.45, 2.75) is 53.1 Å². The van der Waals surface area contributed by atoms with Crippen LogP contribution in [0.25, 0.3) is 0 Å². The summed E-state index contributed by atoms with van der Waals surface area (Å²) >= 11 is 0. The number of methoxy groups -OCH3 is 1. The van der Waals surface area contributed by atoms with E-state index in [1.165, 1.54) is 6.92 Å². The zero-order chi connectivity index (χ0) is 17.1. The number of carbonyl (C=O) groups is 1. The number of hydrogen-bond donors (Lipinski definition) is 1. The minimum atomic E-state index is -0.753. The second-order valence-corrected chi connectivity index (χ2v) is 5.85. The van der Waals surface area contributed by atoms with Gasteiger partial charge in [0.2, 0.25) is 0 Å². The molecule has 0 aliphatic carbocycles. The van der Waals surface area contributed by atoms with E-state index in [4.69, 9.17) is 9.47 Å². The summed E-state index contributed by atoms with van der Waals surface area (Å²) in [5.41, 5.74) is 2.73. The van der Waals surface area contributed by atoms with Gasteiger partial charge in [-0.3, -0.25) is 4.79 Å². The molecule has 122 valence electrons. The fraction of sp³-hybridized carbons (Fsp3) is 0.500. The molecule has 0 radical (unpaired) electrons. The van der Waals surface area contributed by atoms with Crippen molar-refractivity contribution in [3.8, 4) is 11.5 Å². The van der Waals surface area contributed by atoms with Gasteiger partial charge in [-0.25, -0.2) is 0 Å². The Morgan fingerprint density at radius 1 is 1.27 bits per heavy atom. The molecule has 4 nitrogen and oxygen atoms in total. The number of rotatable bonds is 6. The van der Waals surface area contributed by atoms with Crippen LogP contribution in [0.15, 0.2) is 12.7 Å². The number of carbonyl (C=O) groups excluding carboxylic acids is 1. The molecule has 0 heterocycles. The molecule has 1 rings (SSSR count). The Kier molecular flexibility index (Phi) is 5.64. The Labute approximate surface area is 132 Å². The van der Waals surface area contributed by atoms with Crippen molar-refractivity contribution >= 4 is 5.97 Å². The molecule has 0 amide bonds. The first-order valence-corrected chi connectivity index (χ1v) is 7.35. The maximum absolute atomic E-state index is 11.2. The van der Waals surface area contributed by atoms with E-state index in [-0.39, 0.29) is 11.7 Å². The van der Waals surface area contributed by atoms with E-state index in [0.717, 1.165) is 28.0 Å². The molecule has 0 saturated carbocycles. The summed E-state index contributed by atoms with van der Waals surface area (Å²) in [6.07, 6.45) is 2.72. The summed E-state index contributed by atoms with van der Waals surface area (Å²) in [7, 11) is 1.63.